The first kappa shape index (κ1) is 26.1. The van der Waals surface area contributed by atoms with Gasteiger partial charge in [0, 0.05) is 10.7 Å². The number of rotatable bonds is 9. The average molecular weight is 537 g/mol. The van der Waals surface area contributed by atoms with E-state index in [2.05, 4.69) is 10.0 Å². The topological polar surface area (TPSA) is 93.7 Å². The van der Waals surface area contributed by atoms with E-state index in [0.717, 1.165) is 11.1 Å². The number of anilines is 2. The van der Waals surface area contributed by atoms with Gasteiger partial charge in [-0.3, -0.25) is 9.52 Å². The zero-order valence-corrected chi connectivity index (χ0v) is 21.8. The van der Waals surface area contributed by atoms with Gasteiger partial charge in [0.1, 0.15) is 11.5 Å². The molecule has 0 unspecified atom stereocenters. The molecular formula is C28H25ClN2O5S. The SMILES string of the molecule is Cc1cc(C)cc(NS(=O)(=O)c2ccc(OCC(=O)Nc3cc(Cl)ccc3Oc3ccccc3)cc2)c1. The second-order valence-electron chi connectivity index (χ2n) is 8.35. The maximum atomic E-state index is 12.8. The van der Waals surface area contributed by atoms with E-state index in [-0.39, 0.29) is 11.5 Å². The first-order valence-electron chi connectivity index (χ1n) is 11.3. The van der Waals surface area contributed by atoms with E-state index in [1.165, 1.54) is 24.3 Å². The van der Waals surface area contributed by atoms with Gasteiger partial charge in [-0.2, -0.15) is 0 Å². The summed E-state index contributed by atoms with van der Waals surface area (Å²) >= 11 is 6.10. The molecular weight excluding hydrogens is 512 g/mol. The third kappa shape index (κ3) is 7.25. The molecule has 4 rings (SSSR count). The fourth-order valence-electron chi connectivity index (χ4n) is 3.60. The Labute approximate surface area is 221 Å². The molecule has 37 heavy (non-hydrogen) atoms. The highest BCUT2D eigenvalue weighted by Crippen LogP contribution is 2.32. The van der Waals surface area contributed by atoms with Gasteiger partial charge in [0.2, 0.25) is 0 Å². The molecule has 4 aromatic rings. The Kier molecular flexibility index (Phi) is 8.01. The van der Waals surface area contributed by atoms with E-state index in [4.69, 9.17) is 21.1 Å². The van der Waals surface area contributed by atoms with Gasteiger partial charge in [-0.25, -0.2) is 8.42 Å². The van der Waals surface area contributed by atoms with E-state index in [1.54, 1.807) is 42.5 Å². The zero-order chi connectivity index (χ0) is 26.4. The van der Waals surface area contributed by atoms with Crippen molar-refractivity contribution in [2.75, 3.05) is 16.6 Å². The van der Waals surface area contributed by atoms with Crippen molar-refractivity contribution in [1.29, 1.82) is 0 Å². The number of carbonyl (C=O) groups excluding carboxylic acids is 1. The Morgan fingerprint density at radius 3 is 2.19 bits per heavy atom. The Balaban J connectivity index is 1.37. The van der Waals surface area contributed by atoms with E-state index < -0.39 is 15.9 Å². The Bertz CT molecular complexity index is 1490. The van der Waals surface area contributed by atoms with Crippen LogP contribution in [0, 0.1) is 13.8 Å². The number of aryl methyl sites for hydroxylation is 2. The molecule has 0 saturated heterocycles. The predicted octanol–water partition coefficient (Wildman–Crippen LogP) is 6.57. The van der Waals surface area contributed by atoms with Crippen LogP contribution in [0.4, 0.5) is 11.4 Å². The van der Waals surface area contributed by atoms with Crippen molar-refractivity contribution >= 4 is 38.9 Å². The first-order chi connectivity index (χ1) is 17.7. The molecule has 0 saturated carbocycles. The molecule has 1 amide bonds. The molecule has 0 radical (unpaired) electrons. The normalized spacial score (nSPS) is 11.0. The lowest BCUT2D eigenvalue weighted by Crippen LogP contribution is -2.20. The van der Waals surface area contributed by atoms with Gasteiger partial charge in [0.15, 0.2) is 12.4 Å². The molecule has 0 aliphatic heterocycles. The van der Waals surface area contributed by atoms with E-state index in [9.17, 15) is 13.2 Å². The molecule has 0 aliphatic rings. The van der Waals surface area contributed by atoms with Gasteiger partial charge in [0.25, 0.3) is 15.9 Å². The van der Waals surface area contributed by atoms with Crippen LogP contribution < -0.4 is 19.5 Å². The summed E-state index contributed by atoms with van der Waals surface area (Å²) in [6, 6.07) is 25.4. The van der Waals surface area contributed by atoms with Gasteiger partial charge in [-0.1, -0.05) is 35.9 Å². The van der Waals surface area contributed by atoms with Crippen molar-refractivity contribution in [3.05, 3.63) is 107 Å². The number of nitrogens with one attached hydrogen (secondary N) is 2. The third-order valence-electron chi connectivity index (χ3n) is 5.16. The Hall–Kier alpha value is -4.01. The zero-order valence-electron chi connectivity index (χ0n) is 20.2. The van der Waals surface area contributed by atoms with E-state index >= 15 is 0 Å². The van der Waals surface area contributed by atoms with Crippen molar-refractivity contribution in [2.24, 2.45) is 0 Å². The Morgan fingerprint density at radius 1 is 0.838 bits per heavy atom. The van der Waals surface area contributed by atoms with E-state index in [0.29, 0.717) is 33.6 Å². The van der Waals surface area contributed by atoms with Crippen LogP contribution in [0.5, 0.6) is 17.2 Å². The second-order valence-corrected chi connectivity index (χ2v) is 10.5. The molecule has 0 bridgehead atoms. The smallest absolute Gasteiger partial charge is 0.262 e. The van der Waals surface area contributed by atoms with Crippen LogP contribution in [0.25, 0.3) is 0 Å². The Morgan fingerprint density at radius 2 is 1.51 bits per heavy atom. The van der Waals surface area contributed by atoms with Gasteiger partial charge in [0.05, 0.1) is 10.6 Å². The number of benzene rings is 4. The lowest BCUT2D eigenvalue weighted by Gasteiger charge is -2.13. The standard InChI is InChI=1S/C28H25ClN2O5S/c1-19-14-20(2)16-22(15-19)31-37(33,34)25-11-9-23(10-12-25)35-18-28(32)30-26-17-21(29)8-13-27(26)36-24-6-4-3-5-7-24/h3-17,31H,18H2,1-2H3,(H,30,32). The van der Waals surface area contributed by atoms with Crippen molar-refractivity contribution in [1.82, 2.24) is 0 Å². The molecule has 0 aromatic heterocycles. The molecule has 2 N–H and O–H groups in total. The number of hydrogen-bond acceptors (Lipinski definition) is 5. The van der Waals surface area contributed by atoms with Crippen LogP contribution in [-0.2, 0) is 14.8 Å². The maximum absolute atomic E-state index is 12.8. The van der Waals surface area contributed by atoms with Crippen molar-refractivity contribution < 1.29 is 22.7 Å². The number of halogens is 1. The van der Waals surface area contributed by atoms with Crippen LogP contribution in [-0.4, -0.2) is 20.9 Å². The first-order valence-corrected chi connectivity index (χ1v) is 13.2. The van der Waals surface area contributed by atoms with Crippen molar-refractivity contribution in [3.8, 4) is 17.2 Å². The molecule has 0 fully saturated rings. The van der Waals surface area contributed by atoms with Crippen LogP contribution in [0.3, 0.4) is 0 Å². The molecule has 0 heterocycles. The van der Waals surface area contributed by atoms with E-state index in [1.807, 2.05) is 38.1 Å². The molecule has 0 aliphatic carbocycles. The fraction of sp³-hybridized carbons (Fsp3) is 0.107. The number of sulfonamides is 1. The summed E-state index contributed by atoms with van der Waals surface area (Å²) in [4.78, 5) is 12.6. The lowest BCUT2D eigenvalue weighted by molar-refractivity contribution is -0.118. The fourth-order valence-corrected chi connectivity index (χ4v) is 4.81. The summed E-state index contributed by atoms with van der Waals surface area (Å²) in [5.74, 6) is 0.939. The number of carbonyl (C=O) groups is 1. The number of hydrogen-bond donors (Lipinski definition) is 2. The van der Waals surface area contributed by atoms with Gasteiger partial charge in [-0.15, -0.1) is 0 Å². The molecule has 190 valence electrons. The summed E-state index contributed by atoms with van der Waals surface area (Å²) in [6.45, 7) is 3.50. The van der Waals surface area contributed by atoms with Gasteiger partial charge >= 0.3 is 0 Å². The molecule has 0 atom stereocenters. The molecule has 0 spiro atoms. The minimum Gasteiger partial charge on any atom is -0.484 e. The number of para-hydroxylation sites is 1. The van der Waals surface area contributed by atoms with Crippen LogP contribution >= 0.6 is 11.6 Å². The monoisotopic (exact) mass is 536 g/mol. The van der Waals surface area contributed by atoms with Crippen LogP contribution in [0.2, 0.25) is 5.02 Å². The summed E-state index contributed by atoms with van der Waals surface area (Å²) < 4.78 is 39.5. The summed E-state index contributed by atoms with van der Waals surface area (Å²) in [5.41, 5.74) is 2.79. The minimum atomic E-state index is -3.78. The van der Waals surface area contributed by atoms with Gasteiger partial charge in [-0.05, 0) is 91.7 Å². The highest BCUT2D eigenvalue weighted by Gasteiger charge is 2.15. The van der Waals surface area contributed by atoms with Crippen molar-refractivity contribution in [3.63, 3.8) is 0 Å². The lowest BCUT2D eigenvalue weighted by atomic mass is 10.1. The summed E-state index contributed by atoms with van der Waals surface area (Å²) in [5, 5.41) is 3.17. The minimum absolute atomic E-state index is 0.0742. The number of ether oxygens (including phenoxy) is 2. The highest BCUT2D eigenvalue weighted by molar-refractivity contribution is 7.92. The predicted molar refractivity (Wildman–Crippen MR) is 145 cm³/mol. The number of amides is 1. The summed E-state index contributed by atoms with van der Waals surface area (Å²) in [6.07, 6.45) is 0. The van der Waals surface area contributed by atoms with Gasteiger partial charge < -0.3 is 14.8 Å². The molecule has 4 aromatic carbocycles. The molecule has 9 heteroatoms. The maximum Gasteiger partial charge on any atom is 0.262 e. The summed E-state index contributed by atoms with van der Waals surface area (Å²) in [7, 11) is -3.78. The van der Waals surface area contributed by atoms with Crippen molar-refractivity contribution in [2.45, 2.75) is 18.7 Å². The average Bonchev–Trinajstić information content (AvgIpc) is 2.84. The van der Waals surface area contributed by atoms with Crippen LogP contribution in [0.15, 0.2) is 95.9 Å². The van der Waals surface area contributed by atoms with Crippen LogP contribution in [0.1, 0.15) is 11.1 Å². The largest absolute Gasteiger partial charge is 0.484 e. The third-order valence-corrected chi connectivity index (χ3v) is 6.80. The molecule has 7 nitrogen and oxygen atoms in total. The second kappa shape index (κ2) is 11.4. The highest BCUT2D eigenvalue weighted by atomic mass is 35.5. The quantitative estimate of drug-likeness (QED) is 0.252.